The molecule has 1 unspecified atom stereocenters. The number of rotatable bonds is 1. The topological polar surface area (TPSA) is 63.6 Å². The third kappa shape index (κ3) is 2.09. The maximum atomic E-state index is 12.4. The second-order valence-electron chi connectivity index (χ2n) is 9.32. The van der Waals surface area contributed by atoms with E-state index in [4.69, 9.17) is 4.74 Å². The highest BCUT2D eigenvalue weighted by molar-refractivity contribution is 5.91. The van der Waals surface area contributed by atoms with E-state index in [2.05, 4.69) is 13.8 Å². The van der Waals surface area contributed by atoms with Gasteiger partial charge < -0.3 is 9.84 Å². The van der Waals surface area contributed by atoms with Gasteiger partial charge in [0, 0.05) is 11.8 Å². The molecule has 3 fully saturated rings. The molecule has 4 aliphatic carbocycles. The lowest BCUT2D eigenvalue weighted by molar-refractivity contribution is -0.184. The van der Waals surface area contributed by atoms with Gasteiger partial charge in [-0.25, -0.2) is 4.79 Å². The minimum atomic E-state index is -1.34. The van der Waals surface area contributed by atoms with Gasteiger partial charge in [0.1, 0.15) is 0 Å². The highest BCUT2D eigenvalue weighted by atomic mass is 16.5. The first-order chi connectivity index (χ1) is 11.8. The van der Waals surface area contributed by atoms with Crippen LogP contribution in [0.25, 0.3) is 0 Å². The van der Waals surface area contributed by atoms with Crippen LogP contribution in [-0.2, 0) is 14.3 Å². The van der Waals surface area contributed by atoms with Crippen LogP contribution in [-0.4, -0.2) is 29.6 Å². The fraction of sp³-hybridized carbons (Fsp3) is 0.810. The molecule has 4 heteroatoms. The molecule has 3 saturated carbocycles. The molecule has 0 aromatic rings. The minimum absolute atomic E-state index is 0.129. The van der Waals surface area contributed by atoms with Crippen LogP contribution in [0.2, 0.25) is 0 Å². The van der Waals surface area contributed by atoms with Crippen molar-refractivity contribution in [3.8, 4) is 0 Å². The molecule has 0 saturated heterocycles. The Bertz CT molecular complexity index is 652. The van der Waals surface area contributed by atoms with Crippen molar-refractivity contribution < 1.29 is 19.4 Å². The van der Waals surface area contributed by atoms with Gasteiger partial charge in [-0.05, 0) is 74.2 Å². The molecule has 25 heavy (non-hydrogen) atoms. The normalized spacial score (nSPS) is 48.9. The van der Waals surface area contributed by atoms with E-state index in [1.807, 2.05) is 6.08 Å². The van der Waals surface area contributed by atoms with Gasteiger partial charge in [-0.15, -0.1) is 0 Å². The number of allylic oxidation sites excluding steroid dienone is 1. The number of aliphatic hydroxyl groups is 1. The summed E-state index contributed by atoms with van der Waals surface area (Å²) in [6, 6.07) is 0. The van der Waals surface area contributed by atoms with E-state index >= 15 is 0 Å². The van der Waals surface area contributed by atoms with Crippen molar-refractivity contribution in [1.29, 1.82) is 0 Å². The molecule has 0 radical (unpaired) electrons. The van der Waals surface area contributed by atoms with Crippen LogP contribution < -0.4 is 0 Å². The molecule has 0 spiro atoms. The van der Waals surface area contributed by atoms with Crippen molar-refractivity contribution in [3.63, 3.8) is 0 Å². The Kier molecular flexibility index (Phi) is 3.74. The van der Waals surface area contributed by atoms with E-state index in [1.165, 1.54) is 12.7 Å². The second kappa shape index (κ2) is 5.42. The van der Waals surface area contributed by atoms with Gasteiger partial charge in [-0.2, -0.15) is 0 Å². The molecule has 0 amide bonds. The number of hydrogen-bond acceptors (Lipinski definition) is 4. The molecule has 0 aromatic carbocycles. The highest BCUT2D eigenvalue weighted by Crippen LogP contribution is 2.67. The largest absolute Gasteiger partial charge is 0.467 e. The smallest absolute Gasteiger partial charge is 0.338 e. The van der Waals surface area contributed by atoms with Gasteiger partial charge in [0.25, 0.3) is 0 Å². The number of ketones is 1. The van der Waals surface area contributed by atoms with Gasteiger partial charge in [-0.1, -0.05) is 19.4 Å². The van der Waals surface area contributed by atoms with Crippen LogP contribution >= 0.6 is 0 Å². The first-order valence-electron chi connectivity index (χ1n) is 9.81. The zero-order chi connectivity index (χ0) is 18.0. The van der Waals surface area contributed by atoms with Gasteiger partial charge >= 0.3 is 5.97 Å². The maximum Gasteiger partial charge on any atom is 0.338 e. The zero-order valence-corrected chi connectivity index (χ0v) is 15.6. The summed E-state index contributed by atoms with van der Waals surface area (Å²) in [5, 5.41) is 11.2. The molecule has 1 N–H and O–H groups in total. The Labute approximate surface area is 150 Å². The zero-order valence-electron chi connectivity index (χ0n) is 15.6. The quantitative estimate of drug-likeness (QED) is 0.739. The van der Waals surface area contributed by atoms with Crippen molar-refractivity contribution in [2.75, 3.05) is 7.11 Å². The molecule has 4 rings (SSSR count). The summed E-state index contributed by atoms with van der Waals surface area (Å²) in [6.45, 7) is 4.46. The van der Waals surface area contributed by atoms with E-state index in [0.717, 1.165) is 38.5 Å². The summed E-state index contributed by atoms with van der Waals surface area (Å²) in [7, 11) is 1.38. The average Bonchev–Trinajstić information content (AvgIpc) is 2.87. The molecule has 4 nitrogen and oxygen atoms in total. The van der Waals surface area contributed by atoms with Crippen LogP contribution in [0.15, 0.2) is 11.6 Å². The van der Waals surface area contributed by atoms with E-state index in [-0.39, 0.29) is 16.6 Å². The molecular formula is C21H30O4. The maximum absolute atomic E-state index is 12.4. The molecular weight excluding hydrogens is 316 g/mol. The first kappa shape index (κ1) is 17.3. The predicted molar refractivity (Wildman–Crippen MR) is 93.7 cm³/mol. The third-order valence-electron chi connectivity index (χ3n) is 8.64. The molecule has 0 bridgehead atoms. The molecule has 0 aromatic heterocycles. The lowest BCUT2D eigenvalue weighted by atomic mass is 9.46. The minimum Gasteiger partial charge on any atom is -0.467 e. The summed E-state index contributed by atoms with van der Waals surface area (Å²) in [6.07, 6.45) is 8.93. The molecule has 0 heterocycles. The van der Waals surface area contributed by atoms with Crippen molar-refractivity contribution in [2.45, 2.75) is 70.8 Å². The van der Waals surface area contributed by atoms with Crippen LogP contribution in [0.1, 0.15) is 65.2 Å². The lowest BCUT2D eigenvalue weighted by Crippen LogP contribution is -2.57. The Balaban J connectivity index is 1.68. The monoisotopic (exact) mass is 346 g/mol. The van der Waals surface area contributed by atoms with E-state index in [1.54, 1.807) is 0 Å². The number of fused-ring (bicyclic) bond motifs is 5. The summed E-state index contributed by atoms with van der Waals surface area (Å²) in [4.78, 5) is 24.3. The predicted octanol–water partition coefficient (Wildman–Crippen LogP) is 3.42. The van der Waals surface area contributed by atoms with Gasteiger partial charge in [0.05, 0.1) is 7.11 Å². The van der Waals surface area contributed by atoms with Crippen LogP contribution in [0.3, 0.4) is 0 Å². The SMILES string of the molecule is COC(=O)C1(O)CC[C@H]2[C@@H]3CCC4=CC(=O)CC[C@]4(C)[C@@H]3CC[C@@]21C. The first-order valence-corrected chi connectivity index (χ1v) is 9.81. The van der Waals surface area contributed by atoms with Gasteiger partial charge in [0.15, 0.2) is 11.4 Å². The number of ether oxygens (including phenoxy) is 1. The van der Waals surface area contributed by atoms with E-state index < -0.39 is 11.6 Å². The summed E-state index contributed by atoms with van der Waals surface area (Å²) in [5.74, 6) is 1.30. The molecule has 138 valence electrons. The van der Waals surface area contributed by atoms with Crippen LogP contribution in [0.4, 0.5) is 0 Å². The third-order valence-corrected chi connectivity index (χ3v) is 8.64. The number of esters is 1. The lowest BCUT2D eigenvalue weighted by Gasteiger charge is -2.58. The second-order valence-corrected chi connectivity index (χ2v) is 9.32. The van der Waals surface area contributed by atoms with Gasteiger partial charge in [0.2, 0.25) is 0 Å². The number of hydrogen-bond donors (Lipinski definition) is 1. The van der Waals surface area contributed by atoms with Crippen molar-refractivity contribution in [2.24, 2.45) is 28.6 Å². The molecule has 0 aliphatic heterocycles. The van der Waals surface area contributed by atoms with Crippen molar-refractivity contribution in [3.05, 3.63) is 11.6 Å². The Morgan fingerprint density at radius 3 is 2.56 bits per heavy atom. The summed E-state index contributed by atoms with van der Waals surface area (Å²) >= 11 is 0. The number of carbonyl (C=O) groups is 2. The van der Waals surface area contributed by atoms with Crippen molar-refractivity contribution >= 4 is 11.8 Å². The Morgan fingerprint density at radius 2 is 1.84 bits per heavy atom. The summed E-state index contributed by atoms with van der Waals surface area (Å²) < 4.78 is 4.97. The number of carbonyl (C=O) groups excluding carboxylic acids is 2. The van der Waals surface area contributed by atoms with E-state index in [9.17, 15) is 14.7 Å². The molecule has 4 aliphatic rings. The Morgan fingerprint density at radius 1 is 1.12 bits per heavy atom. The van der Waals surface area contributed by atoms with Crippen LogP contribution in [0, 0.1) is 28.6 Å². The summed E-state index contributed by atoms with van der Waals surface area (Å²) in [5.41, 5.74) is -0.237. The average molecular weight is 346 g/mol. The van der Waals surface area contributed by atoms with Crippen molar-refractivity contribution in [1.82, 2.24) is 0 Å². The molecule has 6 atom stereocenters. The standard InChI is InChI=1S/C21H30O4/c1-19-9-6-14(22)12-13(19)4-5-15-16(19)7-10-20(2)17(15)8-11-21(20,24)18(23)25-3/h12,15-17,24H,4-11H2,1-3H3/t15-,16-,17+,19+,20+,21?/m1/s1. The fourth-order valence-corrected chi connectivity index (χ4v) is 7.08. The van der Waals surface area contributed by atoms with E-state index in [0.29, 0.717) is 30.6 Å². The Hall–Kier alpha value is -1.16. The van der Waals surface area contributed by atoms with Crippen LogP contribution in [0.5, 0.6) is 0 Å². The number of methoxy groups -OCH3 is 1. The van der Waals surface area contributed by atoms with Gasteiger partial charge in [-0.3, -0.25) is 4.79 Å². The fourth-order valence-electron chi connectivity index (χ4n) is 7.08. The highest BCUT2D eigenvalue weighted by Gasteiger charge is 2.67.